The number of fused-ring (bicyclic) bond motifs is 1. The minimum atomic E-state index is -0.413. The highest BCUT2D eigenvalue weighted by atomic mass is 19.1. The molecule has 0 saturated carbocycles. The van der Waals surface area contributed by atoms with E-state index in [-0.39, 0.29) is 23.9 Å². The van der Waals surface area contributed by atoms with Gasteiger partial charge < -0.3 is 19.3 Å². The number of pyridine rings is 1. The molecular weight excluding hydrogens is 445 g/mol. The van der Waals surface area contributed by atoms with Crippen molar-refractivity contribution in [2.24, 2.45) is 5.92 Å². The fourth-order valence-corrected chi connectivity index (χ4v) is 5.75. The first kappa shape index (κ1) is 24.0. The highest BCUT2D eigenvalue weighted by Gasteiger charge is 2.45. The van der Waals surface area contributed by atoms with Crippen molar-refractivity contribution in [1.82, 2.24) is 9.88 Å². The van der Waals surface area contributed by atoms with Gasteiger partial charge in [-0.05, 0) is 62.9 Å². The largest absolute Gasteiger partial charge is 0.487 e. The molecule has 6 nitrogen and oxygen atoms in total. The van der Waals surface area contributed by atoms with Crippen LogP contribution in [0.1, 0.15) is 75.0 Å². The van der Waals surface area contributed by atoms with Gasteiger partial charge in [-0.15, -0.1) is 0 Å². The van der Waals surface area contributed by atoms with Crippen molar-refractivity contribution in [3.8, 4) is 5.75 Å². The van der Waals surface area contributed by atoms with Gasteiger partial charge in [0.05, 0.1) is 24.1 Å². The molecule has 4 heterocycles. The molecule has 0 bridgehead atoms. The molecule has 1 amide bonds. The molecule has 1 unspecified atom stereocenters. The number of piperidine rings is 2. The topological polar surface area (TPSA) is 54.9 Å². The normalized spacial score (nSPS) is 23.8. The van der Waals surface area contributed by atoms with Crippen LogP contribution in [0.5, 0.6) is 5.75 Å². The summed E-state index contributed by atoms with van der Waals surface area (Å²) in [4.78, 5) is 22.0. The number of rotatable bonds is 4. The summed E-state index contributed by atoms with van der Waals surface area (Å²) in [5.41, 5.74) is 1.94. The van der Waals surface area contributed by atoms with Gasteiger partial charge in [0.2, 0.25) is 0 Å². The van der Waals surface area contributed by atoms with Gasteiger partial charge in [-0.3, -0.25) is 4.79 Å². The van der Waals surface area contributed by atoms with Crippen LogP contribution < -0.4 is 9.64 Å². The zero-order valence-corrected chi connectivity index (χ0v) is 21.0. The molecule has 0 N–H and O–H groups in total. The van der Waals surface area contributed by atoms with Gasteiger partial charge >= 0.3 is 0 Å². The molecule has 2 saturated heterocycles. The minimum absolute atomic E-state index is 0.0233. The standard InChI is InChI=1S/C28H36FN3O3/c1-19(2)34-26-16-28(35-25-9-6-21(29)15-23(25)26)10-13-31(14-11-28)27(33)24-8-7-22(17-30-24)32-12-4-5-20(3)18-32/h6-9,15,17,19-20,26H,4-5,10-14,16,18H2,1-3H3/t20?,26-/m1/s1. The van der Waals surface area contributed by atoms with E-state index in [1.807, 2.05) is 37.1 Å². The van der Waals surface area contributed by atoms with Crippen LogP contribution in [0.25, 0.3) is 0 Å². The van der Waals surface area contributed by atoms with Gasteiger partial charge in [-0.2, -0.15) is 0 Å². The number of nitrogens with zero attached hydrogens (tertiary/aromatic N) is 3. The Morgan fingerprint density at radius 2 is 2.00 bits per heavy atom. The number of benzene rings is 1. The van der Waals surface area contributed by atoms with Crippen LogP contribution in [-0.2, 0) is 4.74 Å². The Labute approximate surface area is 207 Å². The Balaban J connectivity index is 1.25. The molecule has 1 aromatic heterocycles. The van der Waals surface area contributed by atoms with E-state index in [1.54, 1.807) is 6.07 Å². The van der Waals surface area contributed by atoms with Crippen molar-refractivity contribution in [1.29, 1.82) is 0 Å². The number of likely N-dealkylation sites (tertiary alicyclic amines) is 1. The number of aromatic nitrogens is 1. The lowest BCUT2D eigenvalue weighted by molar-refractivity contribution is -0.0874. The Hall–Kier alpha value is -2.67. The summed E-state index contributed by atoms with van der Waals surface area (Å²) in [6, 6.07) is 8.54. The summed E-state index contributed by atoms with van der Waals surface area (Å²) in [5.74, 6) is 1.05. The number of hydrogen-bond acceptors (Lipinski definition) is 5. The van der Waals surface area contributed by atoms with Gasteiger partial charge in [0.25, 0.3) is 5.91 Å². The zero-order valence-electron chi connectivity index (χ0n) is 21.0. The summed E-state index contributed by atoms with van der Waals surface area (Å²) in [5, 5.41) is 0. The summed E-state index contributed by atoms with van der Waals surface area (Å²) in [7, 11) is 0. The Bertz CT molecular complexity index is 1050. The smallest absolute Gasteiger partial charge is 0.272 e. The number of anilines is 1. The number of halogens is 1. The lowest BCUT2D eigenvalue weighted by atomic mass is 9.81. The fourth-order valence-electron chi connectivity index (χ4n) is 5.75. The summed E-state index contributed by atoms with van der Waals surface area (Å²) >= 11 is 0. The van der Waals surface area contributed by atoms with E-state index < -0.39 is 5.60 Å². The van der Waals surface area contributed by atoms with Crippen LogP contribution >= 0.6 is 0 Å². The first-order valence-corrected chi connectivity index (χ1v) is 13.0. The fraction of sp³-hybridized carbons (Fsp3) is 0.571. The molecule has 35 heavy (non-hydrogen) atoms. The van der Waals surface area contributed by atoms with E-state index in [0.717, 1.165) is 24.3 Å². The lowest BCUT2D eigenvalue weighted by Gasteiger charge is -2.47. The van der Waals surface area contributed by atoms with Crippen LogP contribution in [0.3, 0.4) is 0 Å². The third-order valence-electron chi connectivity index (χ3n) is 7.59. The maximum Gasteiger partial charge on any atom is 0.272 e. The molecule has 188 valence electrons. The Morgan fingerprint density at radius 3 is 2.69 bits per heavy atom. The molecule has 0 aliphatic carbocycles. The van der Waals surface area contributed by atoms with Crippen LogP contribution in [-0.4, -0.2) is 53.7 Å². The average molecular weight is 482 g/mol. The van der Waals surface area contributed by atoms with E-state index in [2.05, 4.69) is 16.8 Å². The summed E-state index contributed by atoms with van der Waals surface area (Å²) in [6.07, 6.45) is 6.18. The predicted octanol–water partition coefficient (Wildman–Crippen LogP) is 5.38. The molecule has 1 aromatic carbocycles. The van der Waals surface area contributed by atoms with E-state index in [1.165, 1.54) is 25.0 Å². The highest BCUT2D eigenvalue weighted by molar-refractivity contribution is 5.92. The summed E-state index contributed by atoms with van der Waals surface area (Å²) < 4.78 is 26.5. The Kier molecular flexibility index (Phi) is 6.71. The van der Waals surface area contributed by atoms with Gasteiger partial charge in [0.15, 0.2) is 0 Å². The molecule has 5 rings (SSSR count). The molecular formula is C28H36FN3O3. The zero-order chi connectivity index (χ0) is 24.6. The third-order valence-corrected chi connectivity index (χ3v) is 7.59. The molecule has 2 aromatic rings. The van der Waals surface area contributed by atoms with Gasteiger partial charge in [-0.1, -0.05) is 6.92 Å². The van der Waals surface area contributed by atoms with Crippen LogP contribution in [0.2, 0.25) is 0 Å². The van der Waals surface area contributed by atoms with Crippen LogP contribution in [0.4, 0.5) is 10.1 Å². The quantitative estimate of drug-likeness (QED) is 0.587. The molecule has 1 spiro atoms. The van der Waals surface area contributed by atoms with E-state index in [9.17, 15) is 9.18 Å². The molecule has 0 radical (unpaired) electrons. The van der Waals surface area contributed by atoms with Crippen LogP contribution in [0, 0.1) is 11.7 Å². The molecule has 2 atom stereocenters. The predicted molar refractivity (Wildman–Crippen MR) is 133 cm³/mol. The molecule has 3 aliphatic heterocycles. The van der Waals surface area contributed by atoms with Gasteiger partial charge in [0.1, 0.15) is 22.9 Å². The second kappa shape index (κ2) is 9.76. The first-order valence-electron chi connectivity index (χ1n) is 13.0. The monoisotopic (exact) mass is 481 g/mol. The number of ether oxygens (including phenoxy) is 2. The number of carbonyl (C=O) groups excluding carboxylic acids is 1. The highest BCUT2D eigenvalue weighted by Crippen LogP contribution is 2.46. The van der Waals surface area contributed by atoms with Crippen molar-refractivity contribution >= 4 is 11.6 Å². The van der Waals surface area contributed by atoms with Gasteiger partial charge in [-0.25, -0.2) is 9.37 Å². The number of amides is 1. The number of hydrogen-bond donors (Lipinski definition) is 0. The SMILES string of the molecule is CC1CCCN(c2ccc(C(=O)N3CCC4(CC3)C[C@@H](OC(C)C)c3cc(F)ccc3O4)nc2)C1. The van der Waals surface area contributed by atoms with Crippen molar-refractivity contribution in [3.05, 3.63) is 53.6 Å². The third kappa shape index (κ3) is 5.15. The van der Waals surface area contributed by atoms with E-state index >= 15 is 0 Å². The van der Waals surface area contributed by atoms with Crippen LogP contribution in [0.15, 0.2) is 36.5 Å². The first-order chi connectivity index (χ1) is 16.8. The maximum absolute atomic E-state index is 13.9. The van der Waals surface area contributed by atoms with Crippen molar-refractivity contribution in [3.63, 3.8) is 0 Å². The molecule has 2 fully saturated rings. The lowest BCUT2D eigenvalue weighted by Crippen LogP contribution is -2.52. The van der Waals surface area contributed by atoms with Crippen molar-refractivity contribution in [2.75, 3.05) is 31.1 Å². The minimum Gasteiger partial charge on any atom is -0.487 e. The average Bonchev–Trinajstić information content (AvgIpc) is 2.84. The van der Waals surface area contributed by atoms with Crippen molar-refractivity contribution in [2.45, 2.75) is 70.7 Å². The second-order valence-corrected chi connectivity index (χ2v) is 10.7. The second-order valence-electron chi connectivity index (χ2n) is 10.7. The maximum atomic E-state index is 13.9. The van der Waals surface area contributed by atoms with E-state index in [4.69, 9.17) is 9.47 Å². The van der Waals surface area contributed by atoms with Gasteiger partial charge in [0, 0.05) is 51.0 Å². The molecule has 3 aliphatic rings. The van der Waals surface area contributed by atoms with Crippen molar-refractivity contribution < 1.29 is 18.7 Å². The molecule has 7 heteroatoms. The Morgan fingerprint density at radius 1 is 1.20 bits per heavy atom. The van der Waals surface area contributed by atoms with E-state index in [0.29, 0.717) is 49.7 Å². The number of carbonyl (C=O) groups is 1. The summed E-state index contributed by atoms with van der Waals surface area (Å²) in [6.45, 7) is 9.54.